The van der Waals surface area contributed by atoms with Gasteiger partial charge >= 0.3 is 23.9 Å². The van der Waals surface area contributed by atoms with Crippen LogP contribution in [0.2, 0.25) is 0 Å². The molecule has 134 valence electrons. The SMILES string of the molecule is COC(=O)C1O[C@@H](F)C(OC(C)=O)C2C(OC(C)=O)C12OC(C)=O. The molecule has 1 aliphatic carbocycles. The summed E-state index contributed by atoms with van der Waals surface area (Å²) in [6, 6.07) is 0. The summed E-state index contributed by atoms with van der Waals surface area (Å²) in [6.45, 7) is 3.20. The first-order valence-electron chi connectivity index (χ1n) is 7.06. The number of alkyl halides is 1. The highest BCUT2D eigenvalue weighted by molar-refractivity contribution is 5.80. The Labute approximate surface area is 136 Å². The number of fused-ring (bicyclic) bond motifs is 1. The molecule has 5 unspecified atom stereocenters. The quantitative estimate of drug-likeness (QED) is 0.496. The van der Waals surface area contributed by atoms with E-state index in [1.54, 1.807) is 0 Å². The van der Waals surface area contributed by atoms with Gasteiger partial charge in [-0.25, -0.2) is 9.18 Å². The van der Waals surface area contributed by atoms with Crippen LogP contribution in [0.1, 0.15) is 20.8 Å². The summed E-state index contributed by atoms with van der Waals surface area (Å²) in [4.78, 5) is 45.9. The second-order valence-corrected chi connectivity index (χ2v) is 5.47. The van der Waals surface area contributed by atoms with Crippen LogP contribution in [0.25, 0.3) is 0 Å². The van der Waals surface area contributed by atoms with Gasteiger partial charge in [-0.05, 0) is 0 Å². The molecular formula is C14H17FO9. The third-order valence-corrected chi connectivity index (χ3v) is 3.80. The zero-order valence-electron chi connectivity index (χ0n) is 13.4. The molecule has 2 aliphatic rings. The standard InChI is InChI=1S/C14H17FO9/c1-5(16)21-9-8-10(22-6(2)17)14(8,24-7(3)18)11(13(19)20-4)23-12(9)15/h8-12H,1-4H3/t8?,9?,10?,11?,12-,14?/m1/s1. The van der Waals surface area contributed by atoms with E-state index in [0.29, 0.717) is 0 Å². The molecule has 2 rings (SSSR count). The van der Waals surface area contributed by atoms with Crippen LogP contribution in [0.15, 0.2) is 0 Å². The smallest absolute Gasteiger partial charge is 0.339 e. The van der Waals surface area contributed by atoms with E-state index in [0.717, 1.165) is 27.9 Å². The Morgan fingerprint density at radius 2 is 1.58 bits per heavy atom. The van der Waals surface area contributed by atoms with Crippen molar-refractivity contribution < 1.29 is 47.3 Å². The maximum Gasteiger partial charge on any atom is 0.339 e. The summed E-state index contributed by atoms with van der Waals surface area (Å²) in [5, 5.41) is 0. The maximum atomic E-state index is 14.3. The van der Waals surface area contributed by atoms with Crippen LogP contribution < -0.4 is 0 Å². The molecule has 10 heteroatoms. The number of methoxy groups -OCH3 is 1. The van der Waals surface area contributed by atoms with Crippen LogP contribution in [-0.4, -0.2) is 61.3 Å². The molecule has 0 spiro atoms. The lowest BCUT2D eigenvalue weighted by molar-refractivity contribution is -0.239. The zero-order valence-corrected chi connectivity index (χ0v) is 13.4. The van der Waals surface area contributed by atoms with E-state index in [1.807, 2.05) is 0 Å². The predicted octanol–water partition coefficient (Wildman–Crippen LogP) is -0.351. The molecule has 0 aromatic heterocycles. The van der Waals surface area contributed by atoms with Gasteiger partial charge < -0.3 is 23.7 Å². The Balaban J connectivity index is 2.44. The monoisotopic (exact) mass is 348 g/mol. The molecule has 0 radical (unpaired) electrons. The minimum absolute atomic E-state index is 0.749. The van der Waals surface area contributed by atoms with Gasteiger partial charge in [0.05, 0.1) is 13.0 Å². The summed E-state index contributed by atoms with van der Waals surface area (Å²) in [7, 11) is 1.04. The van der Waals surface area contributed by atoms with Crippen LogP contribution in [-0.2, 0) is 42.9 Å². The summed E-state index contributed by atoms with van der Waals surface area (Å²) < 4.78 is 38.8. The van der Waals surface area contributed by atoms with Crippen LogP contribution in [0.3, 0.4) is 0 Å². The molecule has 6 atom stereocenters. The molecule has 0 aromatic carbocycles. The second kappa shape index (κ2) is 6.34. The fourth-order valence-corrected chi connectivity index (χ4v) is 3.05. The average molecular weight is 348 g/mol. The number of hydrogen-bond donors (Lipinski definition) is 0. The Morgan fingerprint density at radius 3 is 2.04 bits per heavy atom. The predicted molar refractivity (Wildman–Crippen MR) is 70.9 cm³/mol. The first-order chi connectivity index (χ1) is 11.1. The van der Waals surface area contributed by atoms with Gasteiger partial charge in [-0.15, -0.1) is 0 Å². The number of hydrogen-bond acceptors (Lipinski definition) is 9. The molecule has 1 saturated heterocycles. The van der Waals surface area contributed by atoms with Crippen LogP contribution in [0, 0.1) is 5.92 Å². The molecular weight excluding hydrogens is 331 g/mol. The molecule has 1 aliphatic heterocycles. The fraction of sp³-hybridized carbons (Fsp3) is 0.714. The zero-order chi connectivity index (χ0) is 18.2. The van der Waals surface area contributed by atoms with Gasteiger partial charge in [0.1, 0.15) is 0 Å². The van der Waals surface area contributed by atoms with Crippen molar-refractivity contribution >= 4 is 23.9 Å². The minimum atomic E-state index is -2.19. The van der Waals surface area contributed by atoms with E-state index in [9.17, 15) is 23.6 Å². The molecule has 2 fully saturated rings. The minimum Gasteiger partial charge on any atom is -0.467 e. The lowest BCUT2D eigenvalue weighted by Gasteiger charge is -2.34. The highest BCUT2D eigenvalue weighted by Gasteiger charge is 2.84. The lowest BCUT2D eigenvalue weighted by atomic mass is 10.0. The molecule has 0 bridgehead atoms. The van der Waals surface area contributed by atoms with Crippen molar-refractivity contribution in [1.29, 1.82) is 0 Å². The van der Waals surface area contributed by atoms with Gasteiger partial charge in [-0.1, -0.05) is 0 Å². The Kier molecular flexibility index (Phi) is 4.79. The van der Waals surface area contributed by atoms with Gasteiger partial charge in [0.25, 0.3) is 0 Å². The Bertz CT molecular complexity index is 577. The summed E-state index contributed by atoms with van der Waals surface area (Å²) in [6.07, 6.45) is -6.57. The fourth-order valence-electron chi connectivity index (χ4n) is 3.05. The molecule has 0 amide bonds. The maximum absolute atomic E-state index is 14.3. The van der Waals surface area contributed by atoms with Gasteiger partial charge in [-0.3, -0.25) is 14.4 Å². The molecule has 1 saturated carbocycles. The van der Waals surface area contributed by atoms with E-state index < -0.39 is 60.1 Å². The topological polar surface area (TPSA) is 114 Å². The van der Waals surface area contributed by atoms with E-state index in [2.05, 4.69) is 4.74 Å². The van der Waals surface area contributed by atoms with Gasteiger partial charge in [0.2, 0.25) is 12.5 Å². The number of esters is 4. The molecule has 9 nitrogen and oxygen atoms in total. The average Bonchev–Trinajstić information content (AvgIpc) is 3.06. The summed E-state index contributed by atoms with van der Waals surface area (Å²) in [5.41, 5.74) is -1.81. The highest BCUT2D eigenvalue weighted by atomic mass is 19.1. The van der Waals surface area contributed by atoms with E-state index in [-0.39, 0.29) is 0 Å². The number of rotatable bonds is 4. The van der Waals surface area contributed by atoms with Crippen molar-refractivity contribution in [2.45, 2.75) is 51.0 Å². The highest BCUT2D eigenvalue weighted by Crippen LogP contribution is 2.59. The molecule has 0 aromatic rings. The normalized spacial score (nSPS) is 36.8. The van der Waals surface area contributed by atoms with Crippen LogP contribution >= 0.6 is 0 Å². The first kappa shape index (κ1) is 18.1. The number of halogens is 1. The Morgan fingerprint density at radius 1 is 1.00 bits per heavy atom. The second-order valence-electron chi connectivity index (χ2n) is 5.47. The van der Waals surface area contributed by atoms with Crippen molar-refractivity contribution in [1.82, 2.24) is 0 Å². The van der Waals surface area contributed by atoms with Gasteiger partial charge in [-0.2, -0.15) is 0 Å². The van der Waals surface area contributed by atoms with Crippen molar-refractivity contribution in [3.05, 3.63) is 0 Å². The van der Waals surface area contributed by atoms with Crippen molar-refractivity contribution in [3.63, 3.8) is 0 Å². The van der Waals surface area contributed by atoms with E-state index in [4.69, 9.17) is 18.9 Å². The third kappa shape index (κ3) is 2.93. The number of carbonyl (C=O) groups excluding carboxylic acids is 4. The van der Waals surface area contributed by atoms with Crippen molar-refractivity contribution in [3.8, 4) is 0 Å². The van der Waals surface area contributed by atoms with Crippen LogP contribution in [0.5, 0.6) is 0 Å². The van der Waals surface area contributed by atoms with Gasteiger partial charge in [0, 0.05) is 20.8 Å². The largest absolute Gasteiger partial charge is 0.467 e. The lowest BCUT2D eigenvalue weighted by Crippen LogP contribution is -2.54. The first-order valence-corrected chi connectivity index (χ1v) is 7.06. The van der Waals surface area contributed by atoms with E-state index >= 15 is 0 Å². The number of carbonyl (C=O) groups is 4. The van der Waals surface area contributed by atoms with Crippen molar-refractivity contribution in [2.75, 3.05) is 7.11 Å². The van der Waals surface area contributed by atoms with Gasteiger partial charge in [0.15, 0.2) is 17.8 Å². The third-order valence-electron chi connectivity index (χ3n) is 3.80. The van der Waals surface area contributed by atoms with Crippen molar-refractivity contribution in [2.24, 2.45) is 5.92 Å². The molecule has 24 heavy (non-hydrogen) atoms. The van der Waals surface area contributed by atoms with E-state index in [1.165, 1.54) is 0 Å². The molecule has 0 N–H and O–H groups in total. The summed E-state index contributed by atoms with van der Waals surface area (Å²) in [5.74, 6) is -4.48. The molecule has 1 heterocycles. The number of ether oxygens (including phenoxy) is 5. The Hall–Kier alpha value is -2.23. The summed E-state index contributed by atoms with van der Waals surface area (Å²) >= 11 is 0. The van der Waals surface area contributed by atoms with Crippen LogP contribution in [0.4, 0.5) is 4.39 Å².